The fourth-order valence-electron chi connectivity index (χ4n) is 2.48. The van der Waals surface area contributed by atoms with Crippen molar-refractivity contribution in [3.63, 3.8) is 0 Å². The van der Waals surface area contributed by atoms with E-state index in [1.54, 1.807) is 4.90 Å². The van der Waals surface area contributed by atoms with E-state index < -0.39 is 5.60 Å². The third kappa shape index (κ3) is 3.31. The summed E-state index contributed by atoms with van der Waals surface area (Å²) in [6, 6.07) is 0. The van der Waals surface area contributed by atoms with E-state index in [-0.39, 0.29) is 11.6 Å². The van der Waals surface area contributed by atoms with Gasteiger partial charge in [0.15, 0.2) is 0 Å². The molecule has 1 aliphatic heterocycles. The molecule has 0 bridgehead atoms. The maximum absolute atomic E-state index is 12.2. The number of amides is 1. The predicted octanol–water partition coefficient (Wildman–Crippen LogP) is 2.51. The first-order chi connectivity index (χ1) is 9.49. The van der Waals surface area contributed by atoms with Gasteiger partial charge in [-0.25, -0.2) is 4.79 Å². The molecular weight excluding hydrogens is 268 g/mol. The molecular formula is C15H26N4O2. The maximum atomic E-state index is 12.2. The summed E-state index contributed by atoms with van der Waals surface area (Å²) < 4.78 is 7.38. The van der Waals surface area contributed by atoms with Crippen LogP contribution in [-0.2, 0) is 23.2 Å². The Labute approximate surface area is 126 Å². The van der Waals surface area contributed by atoms with E-state index in [2.05, 4.69) is 25.9 Å². The van der Waals surface area contributed by atoms with Gasteiger partial charge in [0.1, 0.15) is 11.4 Å². The lowest BCUT2D eigenvalue weighted by Gasteiger charge is -2.32. The quantitative estimate of drug-likeness (QED) is 0.798. The molecule has 1 aromatic rings. The van der Waals surface area contributed by atoms with E-state index >= 15 is 0 Å². The van der Waals surface area contributed by atoms with E-state index in [9.17, 15) is 4.79 Å². The molecule has 0 radical (unpaired) electrons. The van der Waals surface area contributed by atoms with Gasteiger partial charge in [-0.05, 0) is 48.0 Å². The second kappa shape index (κ2) is 4.93. The van der Waals surface area contributed by atoms with Crippen molar-refractivity contribution in [2.24, 2.45) is 0 Å². The molecule has 0 saturated carbocycles. The summed E-state index contributed by atoms with van der Waals surface area (Å²) in [7, 11) is 0. The van der Waals surface area contributed by atoms with Crippen LogP contribution < -0.4 is 5.73 Å². The summed E-state index contributed by atoms with van der Waals surface area (Å²) in [4.78, 5) is 14.0. The predicted molar refractivity (Wildman–Crippen MR) is 82.0 cm³/mol. The summed E-state index contributed by atoms with van der Waals surface area (Å²) in [5.41, 5.74) is 7.43. The number of carbonyl (C=O) groups excluding carboxylic acids is 1. The van der Waals surface area contributed by atoms with Crippen LogP contribution in [0.2, 0.25) is 0 Å². The zero-order valence-corrected chi connectivity index (χ0v) is 13.9. The zero-order valence-electron chi connectivity index (χ0n) is 13.9. The number of ether oxygens (including phenoxy) is 1. The van der Waals surface area contributed by atoms with E-state index in [0.717, 1.165) is 17.7 Å². The number of fused-ring (bicyclic) bond motifs is 1. The van der Waals surface area contributed by atoms with Crippen molar-refractivity contribution in [1.82, 2.24) is 14.7 Å². The van der Waals surface area contributed by atoms with Gasteiger partial charge in [0, 0.05) is 12.1 Å². The Kier molecular flexibility index (Phi) is 3.68. The summed E-state index contributed by atoms with van der Waals surface area (Å²) >= 11 is 0. The number of hydrogen-bond donors (Lipinski definition) is 1. The second-order valence-electron chi connectivity index (χ2n) is 7.55. The SMILES string of the molecule is CC(C)(C)OC(=O)N1CCc2c(N)nn(C(C)(C)C)c2C1. The van der Waals surface area contributed by atoms with Gasteiger partial charge < -0.3 is 15.4 Å². The Bertz CT molecular complexity index is 549. The van der Waals surface area contributed by atoms with Gasteiger partial charge in [0.2, 0.25) is 0 Å². The molecule has 0 aliphatic carbocycles. The summed E-state index contributed by atoms with van der Waals surface area (Å²) in [5, 5.41) is 4.45. The molecule has 0 saturated heterocycles. The van der Waals surface area contributed by atoms with Crippen LogP contribution in [0, 0.1) is 0 Å². The highest BCUT2D eigenvalue weighted by Gasteiger charge is 2.32. The number of nitrogens with two attached hydrogens (primary N) is 1. The first-order valence-electron chi connectivity index (χ1n) is 7.34. The summed E-state index contributed by atoms with van der Waals surface area (Å²) in [5.74, 6) is 0.573. The van der Waals surface area contributed by atoms with Crippen LogP contribution in [0.4, 0.5) is 10.6 Å². The van der Waals surface area contributed by atoms with Crippen molar-refractivity contribution in [2.45, 2.75) is 65.6 Å². The van der Waals surface area contributed by atoms with E-state index in [1.165, 1.54) is 0 Å². The van der Waals surface area contributed by atoms with Crippen molar-refractivity contribution in [3.05, 3.63) is 11.3 Å². The van der Waals surface area contributed by atoms with Crippen LogP contribution in [0.5, 0.6) is 0 Å². The molecule has 1 amide bonds. The lowest BCUT2D eigenvalue weighted by molar-refractivity contribution is 0.0215. The number of nitrogens with zero attached hydrogens (tertiary/aromatic N) is 3. The molecule has 21 heavy (non-hydrogen) atoms. The number of rotatable bonds is 0. The molecule has 6 nitrogen and oxygen atoms in total. The summed E-state index contributed by atoms with van der Waals surface area (Å²) in [6.07, 6.45) is 0.435. The van der Waals surface area contributed by atoms with Gasteiger partial charge in [-0.2, -0.15) is 5.10 Å². The third-order valence-corrected chi connectivity index (χ3v) is 3.38. The molecule has 6 heteroatoms. The van der Waals surface area contributed by atoms with Gasteiger partial charge in [0.05, 0.1) is 17.8 Å². The number of carbonyl (C=O) groups is 1. The van der Waals surface area contributed by atoms with Gasteiger partial charge in [-0.15, -0.1) is 0 Å². The Hall–Kier alpha value is -1.72. The second-order valence-corrected chi connectivity index (χ2v) is 7.55. The lowest BCUT2D eigenvalue weighted by atomic mass is 10.0. The Morgan fingerprint density at radius 1 is 1.24 bits per heavy atom. The van der Waals surface area contributed by atoms with Crippen molar-refractivity contribution >= 4 is 11.9 Å². The van der Waals surface area contributed by atoms with Crippen LogP contribution in [0.15, 0.2) is 0 Å². The minimum Gasteiger partial charge on any atom is -0.444 e. The Morgan fingerprint density at radius 2 is 1.86 bits per heavy atom. The molecule has 0 fully saturated rings. The molecule has 2 heterocycles. The van der Waals surface area contributed by atoms with Crippen LogP contribution in [-0.4, -0.2) is 32.9 Å². The van der Waals surface area contributed by atoms with Gasteiger partial charge in [-0.3, -0.25) is 4.68 Å². The van der Waals surface area contributed by atoms with Crippen LogP contribution in [0.3, 0.4) is 0 Å². The number of anilines is 1. The highest BCUT2D eigenvalue weighted by molar-refractivity contribution is 5.69. The average Bonchev–Trinajstić information content (AvgIpc) is 2.64. The van der Waals surface area contributed by atoms with Crippen molar-refractivity contribution in [2.75, 3.05) is 12.3 Å². The maximum Gasteiger partial charge on any atom is 0.410 e. The molecule has 1 aliphatic rings. The average molecular weight is 294 g/mol. The normalized spacial score (nSPS) is 15.8. The first kappa shape index (κ1) is 15.7. The molecule has 0 aromatic carbocycles. The van der Waals surface area contributed by atoms with E-state index in [4.69, 9.17) is 10.5 Å². The Morgan fingerprint density at radius 3 is 2.38 bits per heavy atom. The number of hydrogen-bond acceptors (Lipinski definition) is 4. The summed E-state index contributed by atoms with van der Waals surface area (Å²) in [6.45, 7) is 12.9. The van der Waals surface area contributed by atoms with Crippen molar-refractivity contribution < 1.29 is 9.53 Å². The highest BCUT2D eigenvalue weighted by Crippen LogP contribution is 2.29. The molecule has 1 aromatic heterocycles. The molecule has 118 valence electrons. The molecule has 0 spiro atoms. The molecule has 0 unspecified atom stereocenters. The van der Waals surface area contributed by atoms with Crippen molar-refractivity contribution in [1.29, 1.82) is 0 Å². The monoisotopic (exact) mass is 294 g/mol. The molecule has 0 atom stereocenters. The highest BCUT2D eigenvalue weighted by atomic mass is 16.6. The van der Waals surface area contributed by atoms with Crippen molar-refractivity contribution in [3.8, 4) is 0 Å². The standard InChI is InChI=1S/C15H26N4O2/c1-14(2,3)19-11-9-18(13(20)21-15(4,5)6)8-7-10(11)12(16)17-19/h7-9H2,1-6H3,(H2,16,17). The topological polar surface area (TPSA) is 73.4 Å². The molecule has 2 rings (SSSR count). The van der Waals surface area contributed by atoms with E-state index in [1.807, 2.05) is 25.5 Å². The fraction of sp³-hybridized carbons (Fsp3) is 0.733. The van der Waals surface area contributed by atoms with Crippen LogP contribution >= 0.6 is 0 Å². The van der Waals surface area contributed by atoms with Crippen LogP contribution in [0.25, 0.3) is 0 Å². The zero-order chi connectivity index (χ0) is 16.0. The van der Waals surface area contributed by atoms with E-state index in [0.29, 0.717) is 18.9 Å². The molecule has 2 N–H and O–H groups in total. The lowest BCUT2D eigenvalue weighted by Crippen LogP contribution is -2.41. The Balaban J connectivity index is 2.26. The largest absolute Gasteiger partial charge is 0.444 e. The number of aromatic nitrogens is 2. The number of nitrogen functional groups attached to an aromatic ring is 1. The fourth-order valence-corrected chi connectivity index (χ4v) is 2.48. The first-order valence-corrected chi connectivity index (χ1v) is 7.34. The third-order valence-electron chi connectivity index (χ3n) is 3.38. The minimum absolute atomic E-state index is 0.168. The smallest absolute Gasteiger partial charge is 0.410 e. The van der Waals surface area contributed by atoms with Gasteiger partial charge in [-0.1, -0.05) is 0 Å². The van der Waals surface area contributed by atoms with Crippen LogP contribution in [0.1, 0.15) is 52.8 Å². The van der Waals surface area contributed by atoms with Gasteiger partial charge >= 0.3 is 6.09 Å². The minimum atomic E-state index is -0.485. The van der Waals surface area contributed by atoms with Gasteiger partial charge in [0.25, 0.3) is 0 Å².